The minimum atomic E-state index is -0.859. The van der Waals surface area contributed by atoms with Crippen molar-refractivity contribution in [2.75, 3.05) is 57.0 Å². The topological polar surface area (TPSA) is 9.72 Å². The van der Waals surface area contributed by atoms with Gasteiger partial charge in [-0.2, -0.15) is 0 Å². The fourth-order valence-electron chi connectivity index (χ4n) is 3.90. The Morgan fingerprint density at radius 3 is 0.966 bits per heavy atom. The van der Waals surface area contributed by atoms with Crippen molar-refractivity contribution in [1.82, 2.24) is 0 Å². The fourth-order valence-corrected chi connectivity index (χ4v) is 4.38. The summed E-state index contributed by atoms with van der Waals surface area (Å²) in [6.07, 6.45) is 0. The summed E-state index contributed by atoms with van der Waals surface area (Å²) in [5.41, 5.74) is 6.50. The van der Waals surface area contributed by atoms with Crippen molar-refractivity contribution in [2.45, 2.75) is 4.87 Å². The number of hydrogen-bond acceptors (Lipinski definition) is 3. The van der Waals surface area contributed by atoms with Gasteiger partial charge < -0.3 is 14.7 Å². The van der Waals surface area contributed by atoms with E-state index in [4.69, 9.17) is 11.6 Å². The van der Waals surface area contributed by atoms with E-state index in [2.05, 4.69) is 130 Å². The fraction of sp³-hybridized carbons (Fsp3) is 0.280. The summed E-state index contributed by atoms with van der Waals surface area (Å²) < 4.78 is 0. The van der Waals surface area contributed by atoms with E-state index < -0.39 is 4.87 Å². The first kappa shape index (κ1) is 21.1. The molecule has 3 rings (SSSR count). The van der Waals surface area contributed by atoms with E-state index in [1.54, 1.807) is 0 Å². The van der Waals surface area contributed by atoms with Gasteiger partial charge in [0.05, 0.1) is 0 Å². The van der Waals surface area contributed by atoms with E-state index in [1.165, 1.54) is 0 Å². The number of rotatable bonds is 6. The zero-order valence-corrected chi connectivity index (χ0v) is 18.9. The molecule has 0 fully saturated rings. The molecule has 0 unspecified atom stereocenters. The second-order valence-electron chi connectivity index (χ2n) is 7.89. The zero-order valence-electron chi connectivity index (χ0n) is 18.1. The first-order valence-electron chi connectivity index (χ1n) is 9.78. The molecule has 0 saturated heterocycles. The van der Waals surface area contributed by atoms with Crippen LogP contribution < -0.4 is 14.7 Å². The van der Waals surface area contributed by atoms with Crippen LogP contribution in [0.1, 0.15) is 16.7 Å². The maximum atomic E-state index is 7.78. The van der Waals surface area contributed by atoms with Crippen LogP contribution in [0.15, 0.2) is 72.8 Å². The maximum Gasteiger partial charge on any atom is 0.125 e. The molecule has 3 aromatic carbocycles. The van der Waals surface area contributed by atoms with Gasteiger partial charge in [-0.3, -0.25) is 0 Å². The second kappa shape index (κ2) is 8.38. The average molecular weight is 408 g/mol. The third kappa shape index (κ3) is 3.79. The van der Waals surface area contributed by atoms with Crippen LogP contribution in [0.2, 0.25) is 0 Å². The lowest BCUT2D eigenvalue weighted by molar-refractivity contribution is 0.855. The summed E-state index contributed by atoms with van der Waals surface area (Å²) in [5.74, 6) is 0. The maximum absolute atomic E-state index is 7.78. The summed E-state index contributed by atoms with van der Waals surface area (Å²) in [7, 11) is 12.4. The minimum absolute atomic E-state index is 0.859. The quantitative estimate of drug-likeness (QED) is 0.399. The SMILES string of the molecule is CN(C)c1ccccc1C(Cl)(c1ccccc1N(C)C)c1ccccc1N(C)C. The van der Waals surface area contributed by atoms with Crippen LogP contribution in [0.25, 0.3) is 0 Å². The van der Waals surface area contributed by atoms with Crippen molar-refractivity contribution in [2.24, 2.45) is 0 Å². The van der Waals surface area contributed by atoms with Crippen molar-refractivity contribution >= 4 is 28.7 Å². The summed E-state index contributed by atoms with van der Waals surface area (Å²) in [4.78, 5) is 5.53. The van der Waals surface area contributed by atoms with Gasteiger partial charge >= 0.3 is 0 Å². The number of para-hydroxylation sites is 3. The van der Waals surface area contributed by atoms with Gasteiger partial charge in [0.15, 0.2) is 0 Å². The van der Waals surface area contributed by atoms with E-state index in [-0.39, 0.29) is 0 Å². The molecule has 0 heterocycles. The molecule has 0 aromatic heterocycles. The molecule has 0 N–H and O–H groups in total. The van der Waals surface area contributed by atoms with Crippen LogP contribution >= 0.6 is 11.6 Å². The number of halogens is 1. The van der Waals surface area contributed by atoms with Crippen LogP contribution in [-0.4, -0.2) is 42.3 Å². The second-order valence-corrected chi connectivity index (χ2v) is 8.46. The average Bonchev–Trinajstić information content (AvgIpc) is 2.73. The summed E-state index contributed by atoms with van der Waals surface area (Å²) in [6.45, 7) is 0. The largest absolute Gasteiger partial charge is 0.377 e. The lowest BCUT2D eigenvalue weighted by Crippen LogP contribution is -2.30. The van der Waals surface area contributed by atoms with E-state index >= 15 is 0 Å². The Bertz CT molecular complexity index is 854. The summed E-state index contributed by atoms with van der Waals surface area (Å²) in [5, 5.41) is 0. The molecule has 3 nitrogen and oxygen atoms in total. The van der Waals surface area contributed by atoms with Gasteiger partial charge in [-0.25, -0.2) is 0 Å². The van der Waals surface area contributed by atoms with E-state index in [0.29, 0.717) is 0 Å². The smallest absolute Gasteiger partial charge is 0.125 e. The molecule has 0 radical (unpaired) electrons. The molecule has 0 aliphatic heterocycles. The molecule has 4 heteroatoms. The molecule has 152 valence electrons. The molecule has 0 saturated carbocycles. The molecule has 0 atom stereocenters. The van der Waals surface area contributed by atoms with Gasteiger partial charge in [-0.15, -0.1) is 11.6 Å². The molecular formula is C25H30ClN3. The van der Waals surface area contributed by atoms with E-state index in [1.807, 2.05) is 0 Å². The van der Waals surface area contributed by atoms with Gasteiger partial charge in [0.25, 0.3) is 0 Å². The predicted octanol–water partition coefficient (Wildman–Crippen LogP) is 5.42. The van der Waals surface area contributed by atoms with E-state index in [9.17, 15) is 0 Å². The van der Waals surface area contributed by atoms with Gasteiger partial charge in [-0.1, -0.05) is 54.6 Å². The minimum Gasteiger partial charge on any atom is -0.377 e. The van der Waals surface area contributed by atoms with Crippen LogP contribution in [0.5, 0.6) is 0 Å². The highest BCUT2D eigenvalue weighted by Crippen LogP contribution is 2.51. The van der Waals surface area contributed by atoms with Crippen molar-refractivity contribution in [1.29, 1.82) is 0 Å². The molecule has 0 amide bonds. The standard InChI is InChI=1S/C25H30ClN3/c1-27(2)22-16-10-7-13-19(22)25(26,20-14-8-11-17-23(20)28(3)4)21-15-9-12-18-24(21)29(5)6/h7-18H,1-6H3. The molecular weight excluding hydrogens is 378 g/mol. The number of nitrogens with zero attached hydrogens (tertiary/aromatic N) is 3. The molecule has 3 aromatic rings. The molecule has 29 heavy (non-hydrogen) atoms. The Kier molecular flexibility index (Phi) is 6.09. The third-order valence-electron chi connectivity index (χ3n) is 5.27. The normalized spacial score (nSPS) is 11.3. The monoisotopic (exact) mass is 407 g/mol. The van der Waals surface area contributed by atoms with Crippen LogP contribution in [0, 0.1) is 0 Å². The van der Waals surface area contributed by atoms with Gasteiger partial charge in [0.1, 0.15) is 4.87 Å². The Balaban J connectivity index is 2.46. The first-order valence-corrected chi connectivity index (χ1v) is 10.2. The number of alkyl halides is 1. The number of benzene rings is 3. The third-order valence-corrected chi connectivity index (χ3v) is 5.88. The Hall–Kier alpha value is -2.65. The Morgan fingerprint density at radius 1 is 0.483 bits per heavy atom. The van der Waals surface area contributed by atoms with Gasteiger partial charge in [-0.05, 0) is 18.2 Å². The first-order chi connectivity index (χ1) is 13.8. The summed E-state index contributed by atoms with van der Waals surface area (Å²) in [6, 6.07) is 25.2. The number of anilines is 3. The van der Waals surface area contributed by atoms with Gasteiger partial charge in [0.2, 0.25) is 0 Å². The van der Waals surface area contributed by atoms with E-state index in [0.717, 1.165) is 33.8 Å². The van der Waals surface area contributed by atoms with Crippen LogP contribution in [-0.2, 0) is 4.87 Å². The zero-order chi connectivity index (χ0) is 21.2. The molecule has 0 bridgehead atoms. The van der Waals surface area contributed by atoms with Crippen molar-refractivity contribution < 1.29 is 0 Å². The molecule has 0 aliphatic carbocycles. The highest BCUT2D eigenvalue weighted by molar-refractivity contribution is 6.29. The van der Waals surface area contributed by atoms with Crippen molar-refractivity contribution in [3.63, 3.8) is 0 Å². The summed E-state index contributed by atoms with van der Waals surface area (Å²) >= 11 is 7.78. The van der Waals surface area contributed by atoms with Crippen molar-refractivity contribution in [3.05, 3.63) is 89.5 Å². The highest BCUT2D eigenvalue weighted by Gasteiger charge is 2.40. The number of hydrogen-bond donors (Lipinski definition) is 0. The van der Waals surface area contributed by atoms with Crippen molar-refractivity contribution in [3.8, 4) is 0 Å². The van der Waals surface area contributed by atoms with Crippen LogP contribution in [0.3, 0.4) is 0 Å². The Morgan fingerprint density at radius 2 is 0.724 bits per heavy atom. The lowest BCUT2D eigenvalue weighted by atomic mass is 9.81. The molecule has 0 spiro atoms. The highest BCUT2D eigenvalue weighted by atomic mass is 35.5. The molecule has 0 aliphatic rings. The van der Waals surface area contributed by atoms with Crippen LogP contribution in [0.4, 0.5) is 17.1 Å². The van der Waals surface area contributed by atoms with Gasteiger partial charge in [0, 0.05) is 76.0 Å². The Labute approximate surface area is 180 Å². The predicted molar refractivity (Wildman–Crippen MR) is 128 cm³/mol. The lowest BCUT2D eigenvalue weighted by Gasteiger charge is -2.37.